The highest BCUT2D eigenvalue weighted by Gasteiger charge is 2.23. The highest BCUT2D eigenvalue weighted by atomic mass is 35.5. The summed E-state index contributed by atoms with van der Waals surface area (Å²) >= 11 is 6.21. The van der Waals surface area contributed by atoms with E-state index in [0.29, 0.717) is 30.2 Å². The minimum Gasteiger partial charge on any atom is -0.496 e. The number of benzene rings is 1. The van der Waals surface area contributed by atoms with Crippen LogP contribution in [0, 0.1) is 0 Å². The van der Waals surface area contributed by atoms with E-state index < -0.39 is 0 Å². The molecule has 1 aliphatic rings. The van der Waals surface area contributed by atoms with Crippen LogP contribution in [0.3, 0.4) is 0 Å². The van der Waals surface area contributed by atoms with Gasteiger partial charge >= 0.3 is 0 Å². The lowest BCUT2D eigenvalue weighted by Crippen LogP contribution is -2.44. The SMILES string of the molecule is COc1ccc(-c2ccc3c(N4CCOC[C@@H]4C)nc(Cl)nc3n2)cc1CO. The van der Waals surface area contributed by atoms with Gasteiger partial charge in [-0.05, 0) is 48.9 Å². The first-order valence-corrected chi connectivity index (χ1v) is 9.45. The second-order valence-electron chi connectivity index (χ2n) is 6.69. The predicted octanol–water partition coefficient (Wildman–Crippen LogP) is 3.07. The molecule has 0 saturated carbocycles. The van der Waals surface area contributed by atoms with Gasteiger partial charge in [-0.25, -0.2) is 4.98 Å². The Morgan fingerprint density at radius 3 is 2.86 bits per heavy atom. The summed E-state index contributed by atoms with van der Waals surface area (Å²) in [6, 6.07) is 9.67. The number of anilines is 1. The molecule has 4 rings (SSSR count). The number of methoxy groups -OCH3 is 1. The van der Waals surface area contributed by atoms with Crippen molar-refractivity contribution in [3.05, 3.63) is 41.2 Å². The first kappa shape index (κ1) is 18.9. The van der Waals surface area contributed by atoms with E-state index >= 15 is 0 Å². The fraction of sp³-hybridized carbons (Fsp3) is 0.350. The van der Waals surface area contributed by atoms with Gasteiger partial charge in [0.2, 0.25) is 5.28 Å². The van der Waals surface area contributed by atoms with Crippen LogP contribution in [0.1, 0.15) is 12.5 Å². The van der Waals surface area contributed by atoms with E-state index in [1.165, 1.54) is 0 Å². The molecule has 1 aromatic carbocycles. The largest absolute Gasteiger partial charge is 0.496 e. The normalized spacial score (nSPS) is 17.1. The summed E-state index contributed by atoms with van der Waals surface area (Å²) in [6.45, 7) is 4.01. The number of hydrogen-bond donors (Lipinski definition) is 1. The number of hydrogen-bond acceptors (Lipinski definition) is 7. The molecule has 0 amide bonds. The highest BCUT2D eigenvalue weighted by Crippen LogP contribution is 2.31. The second-order valence-corrected chi connectivity index (χ2v) is 7.02. The van der Waals surface area contributed by atoms with Crippen molar-refractivity contribution in [2.75, 3.05) is 31.8 Å². The smallest absolute Gasteiger partial charge is 0.226 e. The summed E-state index contributed by atoms with van der Waals surface area (Å²) < 4.78 is 10.8. The van der Waals surface area contributed by atoms with Crippen LogP contribution in [0.4, 0.5) is 5.82 Å². The average molecular weight is 401 g/mol. The van der Waals surface area contributed by atoms with Gasteiger partial charge in [0.25, 0.3) is 0 Å². The maximum absolute atomic E-state index is 9.58. The maximum Gasteiger partial charge on any atom is 0.226 e. The summed E-state index contributed by atoms with van der Waals surface area (Å²) in [5.74, 6) is 1.41. The summed E-state index contributed by atoms with van der Waals surface area (Å²) in [5.41, 5.74) is 2.83. The summed E-state index contributed by atoms with van der Waals surface area (Å²) in [4.78, 5) is 15.7. The lowest BCUT2D eigenvalue weighted by Gasteiger charge is -2.34. The molecule has 7 nitrogen and oxygen atoms in total. The number of aliphatic hydroxyl groups excluding tert-OH is 1. The Labute approximate surface area is 167 Å². The number of nitrogens with zero attached hydrogens (tertiary/aromatic N) is 4. The van der Waals surface area contributed by atoms with E-state index in [1.54, 1.807) is 7.11 Å². The van der Waals surface area contributed by atoms with Crippen molar-refractivity contribution in [2.45, 2.75) is 19.6 Å². The number of pyridine rings is 1. The van der Waals surface area contributed by atoms with Crippen molar-refractivity contribution in [1.29, 1.82) is 0 Å². The number of aromatic nitrogens is 3. The number of halogens is 1. The van der Waals surface area contributed by atoms with E-state index in [1.807, 2.05) is 30.3 Å². The van der Waals surface area contributed by atoms with Gasteiger partial charge in [0.15, 0.2) is 5.65 Å². The van der Waals surface area contributed by atoms with Gasteiger partial charge < -0.3 is 19.5 Å². The minimum absolute atomic E-state index is 0.113. The molecular formula is C20H21ClN4O3. The fourth-order valence-electron chi connectivity index (χ4n) is 3.45. The Bertz CT molecular complexity index is 1010. The topological polar surface area (TPSA) is 80.6 Å². The third-order valence-electron chi connectivity index (χ3n) is 4.90. The van der Waals surface area contributed by atoms with Gasteiger partial charge in [-0.15, -0.1) is 0 Å². The molecule has 28 heavy (non-hydrogen) atoms. The average Bonchev–Trinajstić information content (AvgIpc) is 2.72. The Morgan fingerprint density at radius 2 is 2.11 bits per heavy atom. The van der Waals surface area contributed by atoms with Crippen molar-refractivity contribution < 1.29 is 14.6 Å². The van der Waals surface area contributed by atoms with Crippen LogP contribution in [0.5, 0.6) is 5.75 Å². The summed E-state index contributed by atoms with van der Waals surface area (Å²) in [7, 11) is 1.58. The van der Waals surface area contributed by atoms with Gasteiger partial charge in [-0.3, -0.25) is 0 Å². The molecule has 1 saturated heterocycles. The molecule has 3 aromatic rings. The molecule has 1 N–H and O–H groups in total. The third kappa shape index (κ3) is 3.48. The standard InChI is InChI=1S/C20H21ClN4O3/c1-12-11-28-8-7-25(12)19-15-4-5-16(22-18(15)23-20(21)24-19)13-3-6-17(27-2)14(9-13)10-26/h3-6,9,12,26H,7-8,10-11H2,1-2H3/t12-/m0/s1. The molecule has 0 radical (unpaired) electrons. The molecule has 1 atom stereocenters. The van der Waals surface area contributed by atoms with E-state index in [4.69, 9.17) is 26.1 Å². The molecular weight excluding hydrogens is 380 g/mol. The minimum atomic E-state index is -0.113. The number of fused-ring (bicyclic) bond motifs is 1. The van der Waals surface area contributed by atoms with Crippen molar-refractivity contribution in [3.8, 4) is 17.0 Å². The first-order chi connectivity index (χ1) is 13.6. The number of rotatable bonds is 4. The molecule has 8 heteroatoms. The fourth-order valence-corrected chi connectivity index (χ4v) is 3.61. The van der Waals surface area contributed by atoms with Crippen molar-refractivity contribution >= 4 is 28.5 Å². The second kappa shape index (κ2) is 7.87. The van der Waals surface area contributed by atoms with E-state index in [2.05, 4.69) is 21.8 Å². The van der Waals surface area contributed by atoms with Crippen molar-refractivity contribution in [1.82, 2.24) is 15.0 Å². The Kier molecular flexibility index (Phi) is 5.30. The first-order valence-electron chi connectivity index (χ1n) is 9.07. The van der Waals surface area contributed by atoms with Crippen LogP contribution in [0.2, 0.25) is 5.28 Å². The van der Waals surface area contributed by atoms with Crippen molar-refractivity contribution in [3.63, 3.8) is 0 Å². The zero-order valence-corrected chi connectivity index (χ0v) is 16.5. The summed E-state index contributed by atoms with van der Waals surface area (Å²) in [6.07, 6.45) is 0. The van der Waals surface area contributed by atoms with Gasteiger partial charge in [-0.1, -0.05) is 0 Å². The Hall–Kier alpha value is -2.48. The van der Waals surface area contributed by atoms with E-state index in [-0.39, 0.29) is 17.9 Å². The molecule has 146 valence electrons. The number of aliphatic hydroxyl groups is 1. The summed E-state index contributed by atoms with van der Waals surface area (Å²) in [5, 5.41) is 10.6. The zero-order chi connectivity index (χ0) is 19.7. The van der Waals surface area contributed by atoms with E-state index in [9.17, 15) is 5.11 Å². The van der Waals surface area contributed by atoms with E-state index in [0.717, 1.165) is 29.0 Å². The molecule has 0 spiro atoms. The molecule has 1 fully saturated rings. The van der Waals surface area contributed by atoms with Gasteiger partial charge in [0.05, 0.1) is 44.1 Å². The van der Waals surface area contributed by atoms with Crippen LogP contribution >= 0.6 is 11.6 Å². The van der Waals surface area contributed by atoms with Gasteiger partial charge in [0, 0.05) is 17.7 Å². The quantitative estimate of drug-likeness (QED) is 0.674. The highest BCUT2D eigenvalue weighted by molar-refractivity contribution is 6.28. The van der Waals surface area contributed by atoms with Gasteiger partial charge in [0.1, 0.15) is 11.6 Å². The third-order valence-corrected chi connectivity index (χ3v) is 5.07. The number of ether oxygens (including phenoxy) is 2. The molecule has 2 aromatic heterocycles. The van der Waals surface area contributed by atoms with Crippen LogP contribution in [-0.2, 0) is 11.3 Å². The number of morpholine rings is 1. The molecule has 1 aliphatic heterocycles. The van der Waals surface area contributed by atoms with Crippen LogP contribution in [0.15, 0.2) is 30.3 Å². The van der Waals surface area contributed by atoms with Crippen LogP contribution in [0.25, 0.3) is 22.3 Å². The Morgan fingerprint density at radius 1 is 1.25 bits per heavy atom. The lowest BCUT2D eigenvalue weighted by molar-refractivity contribution is 0.0987. The molecule has 0 unspecified atom stereocenters. The van der Waals surface area contributed by atoms with Gasteiger partial charge in [-0.2, -0.15) is 9.97 Å². The molecule has 3 heterocycles. The monoisotopic (exact) mass is 400 g/mol. The Balaban J connectivity index is 1.80. The van der Waals surface area contributed by atoms with Crippen LogP contribution < -0.4 is 9.64 Å². The zero-order valence-electron chi connectivity index (χ0n) is 15.7. The van der Waals surface area contributed by atoms with Crippen molar-refractivity contribution in [2.24, 2.45) is 0 Å². The lowest BCUT2D eigenvalue weighted by atomic mass is 10.1. The maximum atomic E-state index is 9.58. The molecule has 0 aliphatic carbocycles. The molecule has 0 bridgehead atoms. The predicted molar refractivity (Wildman–Crippen MR) is 108 cm³/mol. The van der Waals surface area contributed by atoms with Crippen LogP contribution in [-0.4, -0.2) is 53.0 Å².